The number of carbonyl (C=O) groups is 1. The van der Waals surface area contributed by atoms with Crippen LogP contribution < -0.4 is 5.32 Å². The number of nitrogens with one attached hydrogen (secondary N) is 1. The Morgan fingerprint density at radius 1 is 1.69 bits per heavy atom. The van der Waals surface area contributed by atoms with E-state index in [2.05, 4.69) is 16.3 Å². The minimum atomic E-state index is -0.215. The molecule has 4 heteroatoms. The first-order chi connectivity index (χ1) is 7.62. The van der Waals surface area contributed by atoms with Gasteiger partial charge < -0.3 is 5.32 Å². The van der Waals surface area contributed by atoms with Crippen LogP contribution in [0, 0.1) is 12.3 Å². The summed E-state index contributed by atoms with van der Waals surface area (Å²) in [4.78, 5) is 11.9. The van der Waals surface area contributed by atoms with Crippen molar-refractivity contribution in [1.82, 2.24) is 15.1 Å². The monoisotopic (exact) mass is 219 g/mol. The number of aromatic nitrogens is 2. The zero-order valence-corrected chi connectivity index (χ0v) is 9.95. The van der Waals surface area contributed by atoms with E-state index in [0.29, 0.717) is 5.69 Å². The molecule has 1 aromatic heterocycles. The summed E-state index contributed by atoms with van der Waals surface area (Å²) in [6, 6.07) is 1.57. The third-order valence-corrected chi connectivity index (χ3v) is 2.44. The highest BCUT2D eigenvalue weighted by Gasteiger charge is 2.14. The van der Waals surface area contributed by atoms with Crippen molar-refractivity contribution in [2.24, 2.45) is 7.05 Å². The predicted octanol–water partition coefficient (Wildman–Crippen LogP) is 1.12. The van der Waals surface area contributed by atoms with Crippen LogP contribution >= 0.6 is 0 Å². The van der Waals surface area contributed by atoms with Gasteiger partial charge >= 0.3 is 0 Å². The molecule has 1 atom stereocenters. The van der Waals surface area contributed by atoms with Gasteiger partial charge in [-0.2, -0.15) is 5.10 Å². The normalized spacial score (nSPS) is 11.9. The zero-order valence-electron chi connectivity index (χ0n) is 9.95. The van der Waals surface area contributed by atoms with Gasteiger partial charge in [0.2, 0.25) is 0 Å². The van der Waals surface area contributed by atoms with E-state index in [9.17, 15) is 4.79 Å². The fourth-order valence-corrected chi connectivity index (χ4v) is 1.41. The average molecular weight is 219 g/mol. The highest BCUT2D eigenvalue weighted by atomic mass is 16.2. The third kappa shape index (κ3) is 2.63. The van der Waals surface area contributed by atoms with E-state index in [1.165, 1.54) is 0 Å². The number of carbonyl (C=O) groups excluding carboxylic acids is 1. The molecule has 1 heterocycles. The highest BCUT2D eigenvalue weighted by Crippen LogP contribution is 2.04. The Hall–Kier alpha value is -1.76. The molecular formula is C12H17N3O. The zero-order chi connectivity index (χ0) is 12.1. The largest absolute Gasteiger partial charge is 0.337 e. The SMILES string of the molecule is C#CC(CC)NC(=O)c1cc(CC)nn1C. The lowest BCUT2D eigenvalue weighted by atomic mass is 10.2. The van der Waals surface area contributed by atoms with Gasteiger partial charge in [-0.25, -0.2) is 0 Å². The van der Waals surface area contributed by atoms with Crippen molar-refractivity contribution in [3.05, 3.63) is 17.5 Å². The van der Waals surface area contributed by atoms with Gasteiger partial charge in [0, 0.05) is 7.05 Å². The van der Waals surface area contributed by atoms with E-state index < -0.39 is 0 Å². The van der Waals surface area contributed by atoms with Gasteiger partial charge in [0.05, 0.1) is 11.7 Å². The Labute approximate surface area is 96.0 Å². The lowest BCUT2D eigenvalue weighted by Crippen LogP contribution is -2.34. The summed E-state index contributed by atoms with van der Waals surface area (Å²) in [6.45, 7) is 3.94. The minimum absolute atomic E-state index is 0.167. The van der Waals surface area contributed by atoms with Crippen LogP contribution in [0.1, 0.15) is 36.5 Å². The van der Waals surface area contributed by atoms with Crippen molar-refractivity contribution in [2.75, 3.05) is 0 Å². The predicted molar refractivity (Wildman–Crippen MR) is 63.0 cm³/mol. The molecule has 1 aromatic rings. The molecule has 0 aliphatic heterocycles. The minimum Gasteiger partial charge on any atom is -0.337 e. The van der Waals surface area contributed by atoms with Crippen molar-refractivity contribution < 1.29 is 4.79 Å². The molecule has 4 nitrogen and oxygen atoms in total. The molecule has 0 saturated heterocycles. The lowest BCUT2D eigenvalue weighted by Gasteiger charge is -2.10. The summed E-state index contributed by atoms with van der Waals surface area (Å²) in [5, 5.41) is 6.99. The maximum absolute atomic E-state index is 11.9. The smallest absolute Gasteiger partial charge is 0.270 e. The van der Waals surface area contributed by atoms with Crippen LogP contribution in [-0.4, -0.2) is 21.7 Å². The van der Waals surface area contributed by atoms with E-state index in [0.717, 1.165) is 18.5 Å². The first-order valence-corrected chi connectivity index (χ1v) is 5.42. The van der Waals surface area contributed by atoms with Crippen molar-refractivity contribution in [2.45, 2.75) is 32.7 Å². The highest BCUT2D eigenvalue weighted by molar-refractivity contribution is 5.93. The molecule has 16 heavy (non-hydrogen) atoms. The van der Waals surface area contributed by atoms with Gasteiger partial charge in [0.15, 0.2) is 0 Å². The molecule has 1 unspecified atom stereocenters. The molecule has 0 spiro atoms. The van der Waals surface area contributed by atoms with Crippen molar-refractivity contribution in [3.63, 3.8) is 0 Å². The second-order valence-corrected chi connectivity index (χ2v) is 3.60. The van der Waals surface area contributed by atoms with E-state index >= 15 is 0 Å². The molecule has 0 bridgehead atoms. The first-order valence-electron chi connectivity index (χ1n) is 5.42. The molecule has 1 rings (SSSR count). The van der Waals surface area contributed by atoms with Crippen molar-refractivity contribution >= 4 is 5.91 Å². The molecule has 1 N–H and O–H groups in total. The second kappa shape index (κ2) is 5.36. The standard InChI is InChI=1S/C12H17N3O/c1-5-9(6-2)13-12(16)11-8-10(7-3)14-15(11)4/h1,8-9H,6-7H2,2-4H3,(H,13,16). The molecule has 0 aromatic carbocycles. The molecule has 0 fully saturated rings. The Kier molecular flexibility index (Phi) is 4.12. The molecule has 0 aliphatic carbocycles. The van der Waals surface area contributed by atoms with Crippen LogP contribution in [0.4, 0.5) is 0 Å². The van der Waals surface area contributed by atoms with E-state index in [1.807, 2.05) is 13.8 Å². The van der Waals surface area contributed by atoms with E-state index in [4.69, 9.17) is 6.42 Å². The molecule has 86 valence electrons. The first kappa shape index (κ1) is 12.3. The van der Waals surface area contributed by atoms with Gasteiger partial charge in [0.1, 0.15) is 5.69 Å². The third-order valence-electron chi connectivity index (χ3n) is 2.44. The maximum Gasteiger partial charge on any atom is 0.270 e. The fraction of sp³-hybridized carbons (Fsp3) is 0.500. The Morgan fingerprint density at radius 3 is 2.81 bits per heavy atom. The maximum atomic E-state index is 11.9. The van der Waals surface area contributed by atoms with Gasteiger partial charge in [-0.15, -0.1) is 6.42 Å². The van der Waals surface area contributed by atoms with Gasteiger partial charge in [0.25, 0.3) is 5.91 Å². The van der Waals surface area contributed by atoms with Crippen LogP contribution in [0.25, 0.3) is 0 Å². The summed E-state index contributed by atoms with van der Waals surface area (Å²) in [7, 11) is 1.75. The molecule has 0 radical (unpaired) electrons. The van der Waals surface area contributed by atoms with Gasteiger partial charge in [-0.05, 0) is 18.9 Å². The average Bonchev–Trinajstić information content (AvgIpc) is 2.67. The van der Waals surface area contributed by atoms with Gasteiger partial charge in [-0.1, -0.05) is 19.8 Å². The summed E-state index contributed by atoms with van der Waals surface area (Å²) in [5.41, 5.74) is 1.45. The van der Waals surface area contributed by atoms with Crippen LogP contribution in [-0.2, 0) is 13.5 Å². The molecular weight excluding hydrogens is 202 g/mol. The summed E-state index contributed by atoms with van der Waals surface area (Å²) in [5.74, 6) is 2.36. The van der Waals surface area contributed by atoms with Gasteiger partial charge in [-0.3, -0.25) is 9.48 Å². The number of aryl methyl sites for hydroxylation is 2. The van der Waals surface area contributed by atoms with E-state index in [-0.39, 0.29) is 11.9 Å². The van der Waals surface area contributed by atoms with Crippen LogP contribution in [0.15, 0.2) is 6.07 Å². The Balaban J connectivity index is 2.80. The number of hydrogen-bond donors (Lipinski definition) is 1. The number of terminal acetylenes is 1. The summed E-state index contributed by atoms with van der Waals surface area (Å²) < 4.78 is 1.58. The number of amides is 1. The molecule has 0 aliphatic rings. The summed E-state index contributed by atoms with van der Waals surface area (Å²) >= 11 is 0. The van der Waals surface area contributed by atoms with Crippen LogP contribution in [0.5, 0.6) is 0 Å². The van der Waals surface area contributed by atoms with E-state index in [1.54, 1.807) is 17.8 Å². The summed E-state index contributed by atoms with van der Waals surface area (Å²) in [6.07, 6.45) is 6.83. The fourth-order valence-electron chi connectivity index (χ4n) is 1.41. The van der Waals surface area contributed by atoms with Crippen molar-refractivity contribution in [1.29, 1.82) is 0 Å². The quantitative estimate of drug-likeness (QED) is 0.771. The lowest BCUT2D eigenvalue weighted by molar-refractivity contribution is 0.0935. The van der Waals surface area contributed by atoms with Crippen LogP contribution in [0.3, 0.4) is 0 Å². The Morgan fingerprint density at radius 2 is 2.38 bits per heavy atom. The number of hydrogen-bond acceptors (Lipinski definition) is 2. The topological polar surface area (TPSA) is 46.9 Å². The molecule has 1 amide bonds. The Bertz CT molecular complexity index is 414. The number of nitrogens with zero attached hydrogens (tertiary/aromatic N) is 2. The molecule has 0 saturated carbocycles. The van der Waals surface area contributed by atoms with Crippen molar-refractivity contribution in [3.8, 4) is 12.3 Å². The second-order valence-electron chi connectivity index (χ2n) is 3.60. The number of rotatable bonds is 4. The van der Waals surface area contributed by atoms with Crippen LogP contribution in [0.2, 0.25) is 0 Å².